The number of amides is 2. The van der Waals surface area contributed by atoms with Crippen molar-refractivity contribution in [1.82, 2.24) is 10.2 Å². The number of nitrogens with zero attached hydrogens (tertiary/aromatic N) is 2. The topological polar surface area (TPSA) is 55.8 Å². The van der Waals surface area contributed by atoms with Gasteiger partial charge in [0.25, 0.3) is 0 Å². The SMILES string of the molecule is CN(CC(O)C1CC1)C(=O)NCc1ccccc1N1CCCCC1. The minimum atomic E-state index is -0.388. The van der Waals surface area contributed by atoms with Crippen LogP contribution in [0.15, 0.2) is 24.3 Å². The number of anilines is 1. The number of likely N-dealkylation sites (N-methyl/N-ethyl adjacent to an activating group) is 1. The number of benzene rings is 1. The second kappa shape index (κ2) is 7.88. The van der Waals surface area contributed by atoms with Crippen LogP contribution in [0.5, 0.6) is 0 Å². The van der Waals surface area contributed by atoms with Crippen molar-refractivity contribution >= 4 is 11.7 Å². The average Bonchev–Trinajstić information content (AvgIpc) is 3.45. The number of para-hydroxylation sites is 1. The van der Waals surface area contributed by atoms with Crippen LogP contribution in [0.1, 0.15) is 37.7 Å². The van der Waals surface area contributed by atoms with Gasteiger partial charge in [-0.3, -0.25) is 0 Å². The van der Waals surface area contributed by atoms with Gasteiger partial charge in [-0.15, -0.1) is 0 Å². The van der Waals surface area contributed by atoms with Crippen molar-refractivity contribution < 1.29 is 9.90 Å². The first-order valence-corrected chi connectivity index (χ1v) is 9.15. The van der Waals surface area contributed by atoms with Gasteiger partial charge in [0.15, 0.2) is 0 Å². The van der Waals surface area contributed by atoms with Crippen molar-refractivity contribution in [1.29, 1.82) is 0 Å². The predicted molar refractivity (Wildman–Crippen MR) is 96.1 cm³/mol. The number of piperidine rings is 1. The van der Waals surface area contributed by atoms with E-state index in [1.165, 1.54) is 24.9 Å². The van der Waals surface area contributed by atoms with Crippen molar-refractivity contribution in [2.75, 3.05) is 31.6 Å². The first kappa shape index (κ1) is 17.1. The lowest BCUT2D eigenvalue weighted by molar-refractivity contribution is 0.113. The summed E-state index contributed by atoms with van der Waals surface area (Å²) in [7, 11) is 1.75. The van der Waals surface area contributed by atoms with Crippen LogP contribution in [-0.2, 0) is 6.54 Å². The highest BCUT2D eigenvalue weighted by atomic mass is 16.3. The Labute approximate surface area is 144 Å². The number of nitrogens with one attached hydrogen (secondary N) is 1. The van der Waals surface area contributed by atoms with E-state index >= 15 is 0 Å². The van der Waals surface area contributed by atoms with E-state index in [1.54, 1.807) is 11.9 Å². The quantitative estimate of drug-likeness (QED) is 0.842. The van der Waals surface area contributed by atoms with Gasteiger partial charge in [0, 0.05) is 38.9 Å². The number of aliphatic hydroxyl groups excluding tert-OH is 1. The fourth-order valence-corrected chi connectivity index (χ4v) is 3.40. The van der Waals surface area contributed by atoms with Crippen LogP contribution >= 0.6 is 0 Å². The van der Waals surface area contributed by atoms with Gasteiger partial charge >= 0.3 is 6.03 Å². The Kier molecular flexibility index (Phi) is 5.61. The Morgan fingerprint density at radius 2 is 2.00 bits per heavy atom. The molecule has 1 saturated carbocycles. The van der Waals surface area contributed by atoms with E-state index in [-0.39, 0.29) is 12.1 Å². The molecule has 1 atom stereocenters. The molecule has 132 valence electrons. The molecule has 2 fully saturated rings. The molecule has 0 bridgehead atoms. The predicted octanol–water partition coefficient (Wildman–Crippen LogP) is 2.59. The van der Waals surface area contributed by atoms with Crippen molar-refractivity contribution in [2.24, 2.45) is 5.92 Å². The van der Waals surface area contributed by atoms with E-state index in [1.807, 2.05) is 6.07 Å². The fourth-order valence-electron chi connectivity index (χ4n) is 3.40. The maximum atomic E-state index is 12.3. The van der Waals surface area contributed by atoms with E-state index in [0.29, 0.717) is 19.0 Å². The second-order valence-corrected chi connectivity index (χ2v) is 7.12. The standard InChI is InChI=1S/C19H29N3O2/c1-21(14-18(23)15-9-10-15)19(24)20-13-16-7-3-4-8-17(16)22-11-5-2-6-12-22/h3-4,7-8,15,18,23H,2,5-6,9-14H2,1H3,(H,20,24). The lowest BCUT2D eigenvalue weighted by Crippen LogP contribution is -2.41. The summed E-state index contributed by atoms with van der Waals surface area (Å²) in [6, 6.07) is 8.20. The van der Waals surface area contributed by atoms with E-state index in [9.17, 15) is 9.90 Å². The van der Waals surface area contributed by atoms with Crippen molar-refractivity contribution in [2.45, 2.75) is 44.8 Å². The molecule has 1 aliphatic heterocycles. The summed E-state index contributed by atoms with van der Waals surface area (Å²) in [4.78, 5) is 16.3. The number of hydrogen-bond donors (Lipinski definition) is 2. The molecule has 0 radical (unpaired) electrons. The highest BCUT2D eigenvalue weighted by Gasteiger charge is 2.31. The molecule has 1 aromatic carbocycles. The van der Waals surface area contributed by atoms with Gasteiger partial charge in [0.2, 0.25) is 0 Å². The Morgan fingerprint density at radius 1 is 1.29 bits per heavy atom. The van der Waals surface area contributed by atoms with E-state index < -0.39 is 0 Å². The fraction of sp³-hybridized carbons (Fsp3) is 0.632. The van der Waals surface area contributed by atoms with Crippen molar-refractivity contribution in [3.63, 3.8) is 0 Å². The van der Waals surface area contributed by atoms with E-state index in [2.05, 4.69) is 28.4 Å². The molecule has 3 rings (SSSR count). The summed E-state index contributed by atoms with van der Waals surface area (Å²) in [5, 5.41) is 13.0. The van der Waals surface area contributed by atoms with Gasteiger partial charge in [-0.1, -0.05) is 18.2 Å². The number of aliphatic hydroxyl groups is 1. The average molecular weight is 331 g/mol. The highest BCUT2D eigenvalue weighted by Crippen LogP contribution is 2.32. The first-order chi connectivity index (χ1) is 11.6. The van der Waals surface area contributed by atoms with Crippen molar-refractivity contribution in [3.8, 4) is 0 Å². The minimum Gasteiger partial charge on any atom is -0.391 e. The molecule has 1 unspecified atom stereocenters. The normalized spacial score (nSPS) is 19.0. The molecule has 1 heterocycles. The van der Waals surface area contributed by atoms with Crippen LogP contribution in [0.3, 0.4) is 0 Å². The monoisotopic (exact) mass is 331 g/mol. The Hall–Kier alpha value is -1.75. The third-order valence-corrected chi connectivity index (χ3v) is 5.09. The molecule has 5 nitrogen and oxygen atoms in total. The molecule has 1 saturated heterocycles. The number of urea groups is 1. The summed E-state index contributed by atoms with van der Waals surface area (Å²) < 4.78 is 0. The van der Waals surface area contributed by atoms with Gasteiger partial charge in [-0.2, -0.15) is 0 Å². The molecule has 1 aliphatic carbocycles. The van der Waals surface area contributed by atoms with Crippen molar-refractivity contribution in [3.05, 3.63) is 29.8 Å². The molecular formula is C19H29N3O2. The highest BCUT2D eigenvalue weighted by molar-refractivity contribution is 5.74. The smallest absolute Gasteiger partial charge is 0.317 e. The molecule has 0 spiro atoms. The molecule has 24 heavy (non-hydrogen) atoms. The van der Waals surface area contributed by atoms with Crippen LogP contribution in [0, 0.1) is 5.92 Å². The summed E-state index contributed by atoms with van der Waals surface area (Å²) in [6.45, 7) is 3.12. The zero-order valence-electron chi connectivity index (χ0n) is 14.6. The van der Waals surface area contributed by atoms with Gasteiger partial charge in [0.05, 0.1) is 6.10 Å². The molecule has 2 amide bonds. The van der Waals surface area contributed by atoms with Gasteiger partial charge in [0.1, 0.15) is 0 Å². The molecule has 5 heteroatoms. The first-order valence-electron chi connectivity index (χ1n) is 9.15. The Bertz CT molecular complexity index is 553. The molecule has 0 aromatic heterocycles. The zero-order chi connectivity index (χ0) is 16.9. The van der Waals surface area contributed by atoms with Gasteiger partial charge < -0.3 is 20.2 Å². The van der Waals surface area contributed by atoms with Gasteiger partial charge in [-0.05, 0) is 49.7 Å². The van der Waals surface area contributed by atoms with Crippen LogP contribution < -0.4 is 10.2 Å². The van der Waals surface area contributed by atoms with Gasteiger partial charge in [-0.25, -0.2) is 4.79 Å². The van der Waals surface area contributed by atoms with Crippen LogP contribution in [0.25, 0.3) is 0 Å². The maximum Gasteiger partial charge on any atom is 0.317 e. The summed E-state index contributed by atoms with van der Waals surface area (Å²) in [5.74, 6) is 0.389. The number of carbonyl (C=O) groups is 1. The summed E-state index contributed by atoms with van der Waals surface area (Å²) >= 11 is 0. The zero-order valence-corrected chi connectivity index (χ0v) is 14.6. The van der Waals surface area contributed by atoms with E-state index in [4.69, 9.17) is 0 Å². The van der Waals surface area contributed by atoms with Crippen LogP contribution in [-0.4, -0.2) is 48.8 Å². The molecule has 2 N–H and O–H groups in total. The Balaban J connectivity index is 1.54. The lowest BCUT2D eigenvalue weighted by atomic mass is 10.1. The number of hydrogen-bond acceptors (Lipinski definition) is 3. The maximum absolute atomic E-state index is 12.3. The minimum absolute atomic E-state index is 0.122. The third-order valence-electron chi connectivity index (χ3n) is 5.09. The molecular weight excluding hydrogens is 302 g/mol. The Morgan fingerprint density at radius 3 is 2.71 bits per heavy atom. The number of rotatable bonds is 6. The van der Waals surface area contributed by atoms with Crippen LogP contribution in [0.4, 0.5) is 10.5 Å². The lowest BCUT2D eigenvalue weighted by Gasteiger charge is -2.31. The van der Waals surface area contributed by atoms with E-state index in [0.717, 1.165) is 31.5 Å². The molecule has 2 aliphatic rings. The largest absolute Gasteiger partial charge is 0.391 e. The third kappa shape index (κ3) is 4.41. The van der Waals surface area contributed by atoms with Crippen LogP contribution in [0.2, 0.25) is 0 Å². The second-order valence-electron chi connectivity index (χ2n) is 7.12. The molecule has 1 aromatic rings. The number of carbonyl (C=O) groups excluding carboxylic acids is 1. The summed E-state index contributed by atoms with van der Waals surface area (Å²) in [5.41, 5.74) is 2.39. The summed E-state index contributed by atoms with van der Waals surface area (Å²) in [6.07, 6.45) is 5.56.